The Hall–Kier alpha value is -2.15. The molecule has 1 fully saturated rings. The maximum Gasteiger partial charge on any atom is 0.222 e. The van der Waals surface area contributed by atoms with Gasteiger partial charge in [-0.2, -0.15) is 4.98 Å². The summed E-state index contributed by atoms with van der Waals surface area (Å²) < 4.78 is 2.11. The molecule has 0 spiro atoms. The molecule has 0 aromatic carbocycles. The first-order chi connectivity index (χ1) is 10.5. The summed E-state index contributed by atoms with van der Waals surface area (Å²) in [4.78, 5) is 12.8. The number of nitrogens with zero attached hydrogens (tertiary/aromatic N) is 4. The van der Waals surface area contributed by atoms with Crippen LogP contribution in [-0.4, -0.2) is 37.3 Å². The predicted molar refractivity (Wildman–Crippen MR) is 84.6 cm³/mol. The molecule has 22 heavy (non-hydrogen) atoms. The maximum atomic E-state index is 9.41. The summed E-state index contributed by atoms with van der Waals surface area (Å²) in [5.74, 6) is 1.30. The van der Waals surface area contributed by atoms with Gasteiger partial charge in [-0.1, -0.05) is 0 Å². The molecule has 1 aliphatic rings. The van der Waals surface area contributed by atoms with Crippen molar-refractivity contribution in [3.63, 3.8) is 0 Å². The van der Waals surface area contributed by atoms with E-state index in [4.69, 9.17) is 5.73 Å². The van der Waals surface area contributed by atoms with E-state index in [1.807, 2.05) is 19.3 Å². The first-order valence-corrected chi connectivity index (χ1v) is 7.57. The average molecular weight is 302 g/mol. The van der Waals surface area contributed by atoms with Crippen molar-refractivity contribution in [3.8, 4) is 0 Å². The van der Waals surface area contributed by atoms with Crippen LogP contribution in [0.5, 0.6) is 0 Å². The molecule has 2 aromatic heterocycles. The largest absolute Gasteiger partial charge is 0.393 e. The van der Waals surface area contributed by atoms with Crippen molar-refractivity contribution in [1.82, 2.24) is 19.5 Å². The van der Waals surface area contributed by atoms with Crippen LogP contribution in [0.2, 0.25) is 0 Å². The van der Waals surface area contributed by atoms with Crippen LogP contribution in [0.3, 0.4) is 0 Å². The summed E-state index contributed by atoms with van der Waals surface area (Å²) in [6, 6.07) is 1.93. The third-order valence-corrected chi connectivity index (χ3v) is 4.30. The van der Waals surface area contributed by atoms with Crippen molar-refractivity contribution in [3.05, 3.63) is 29.5 Å². The smallest absolute Gasteiger partial charge is 0.222 e. The number of imidazole rings is 1. The fourth-order valence-electron chi connectivity index (χ4n) is 2.69. The molecule has 0 unspecified atom stereocenters. The standard InChI is InChI=1S/C15H22N6O/c1-9-10(2)21(8-18-9)4-3-17-14-7-13(19-15(16)20-14)11-5-12(22)6-11/h7-8,11-12,22H,3-6H2,1-2H3,(H3,16,17,19,20). The van der Waals surface area contributed by atoms with Crippen molar-refractivity contribution in [2.24, 2.45) is 0 Å². The van der Waals surface area contributed by atoms with E-state index in [9.17, 15) is 5.11 Å². The molecular formula is C15H22N6O. The van der Waals surface area contributed by atoms with Crippen LogP contribution >= 0.6 is 0 Å². The molecule has 0 saturated heterocycles. The first kappa shape index (κ1) is 14.8. The van der Waals surface area contributed by atoms with E-state index in [0.29, 0.717) is 5.92 Å². The van der Waals surface area contributed by atoms with Crippen LogP contribution in [0.4, 0.5) is 11.8 Å². The Morgan fingerprint density at radius 1 is 1.36 bits per heavy atom. The van der Waals surface area contributed by atoms with Crippen molar-refractivity contribution in [2.75, 3.05) is 17.6 Å². The van der Waals surface area contributed by atoms with Gasteiger partial charge in [0.05, 0.1) is 23.8 Å². The van der Waals surface area contributed by atoms with Crippen LogP contribution in [0, 0.1) is 13.8 Å². The first-order valence-electron chi connectivity index (χ1n) is 7.57. The number of hydrogen-bond donors (Lipinski definition) is 3. The van der Waals surface area contributed by atoms with Crippen molar-refractivity contribution in [1.29, 1.82) is 0 Å². The summed E-state index contributed by atoms with van der Waals surface area (Å²) in [7, 11) is 0. The number of aromatic nitrogens is 4. The minimum atomic E-state index is -0.204. The van der Waals surface area contributed by atoms with Gasteiger partial charge in [-0.05, 0) is 26.7 Å². The van der Waals surface area contributed by atoms with E-state index < -0.39 is 0 Å². The fraction of sp³-hybridized carbons (Fsp3) is 0.533. The average Bonchev–Trinajstić information content (AvgIpc) is 2.75. The quantitative estimate of drug-likeness (QED) is 0.767. The molecule has 2 heterocycles. The summed E-state index contributed by atoms with van der Waals surface area (Å²) >= 11 is 0. The summed E-state index contributed by atoms with van der Waals surface area (Å²) in [6.07, 6.45) is 3.15. The lowest BCUT2D eigenvalue weighted by molar-refractivity contribution is 0.0732. The fourth-order valence-corrected chi connectivity index (χ4v) is 2.69. The number of nitrogens with one attached hydrogen (secondary N) is 1. The molecule has 0 bridgehead atoms. The van der Waals surface area contributed by atoms with E-state index in [0.717, 1.165) is 43.1 Å². The van der Waals surface area contributed by atoms with Gasteiger partial charge in [-0.25, -0.2) is 9.97 Å². The van der Waals surface area contributed by atoms with Gasteiger partial charge in [-0.15, -0.1) is 0 Å². The Balaban J connectivity index is 1.61. The second-order valence-electron chi connectivity index (χ2n) is 5.89. The second-order valence-corrected chi connectivity index (χ2v) is 5.89. The SMILES string of the molecule is Cc1ncn(CCNc2cc(C3CC(O)C3)nc(N)n2)c1C. The van der Waals surface area contributed by atoms with Crippen LogP contribution < -0.4 is 11.1 Å². The van der Waals surface area contributed by atoms with Crippen LogP contribution in [0.1, 0.15) is 35.8 Å². The van der Waals surface area contributed by atoms with Gasteiger partial charge in [-0.3, -0.25) is 0 Å². The number of nitrogens with two attached hydrogens (primary N) is 1. The van der Waals surface area contributed by atoms with Crippen LogP contribution in [0.25, 0.3) is 0 Å². The lowest BCUT2D eigenvalue weighted by Crippen LogP contribution is -2.27. The van der Waals surface area contributed by atoms with E-state index in [1.165, 1.54) is 5.69 Å². The van der Waals surface area contributed by atoms with Gasteiger partial charge < -0.3 is 20.7 Å². The molecule has 2 aromatic rings. The molecule has 0 amide bonds. The zero-order valence-corrected chi connectivity index (χ0v) is 13.0. The van der Waals surface area contributed by atoms with Crippen LogP contribution in [-0.2, 0) is 6.54 Å². The van der Waals surface area contributed by atoms with Crippen molar-refractivity contribution in [2.45, 2.75) is 45.3 Å². The van der Waals surface area contributed by atoms with Gasteiger partial charge in [0.25, 0.3) is 0 Å². The zero-order valence-electron chi connectivity index (χ0n) is 13.0. The Labute approximate surface area is 129 Å². The third kappa shape index (κ3) is 3.04. The normalized spacial score (nSPS) is 20.7. The summed E-state index contributed by atoms with van der Waals surface area (Å²) in [5, 5.41) is 12.7. The maximum absolute atomic E-state index is 9.41. The van der Waals surface area contributed by atoms with Gasteiger partial charge >= 0.3 is 0 Å². The molecule has 0 aliphatic heterocycles. The molecular weight excluding hydrogens is 280 g/mol. The molecule has 0 radical (unpaired) electrons. The number of rotatable bonds is 5. The van der Waals surface area contributed by atoms with Gasteiger partial charge in [0, 0.05) is 30.8 Å². The predicted octanol–water partition coefficient (Wildman–Crippen LogP) is 1.22. The molecule has 7 heteroatoms. The minimum Gasteiger partial charge on any atom is -0.393 e. The summed E-state index contributed by atoms with van der Waals surface area (Å²) in [6.45, 7) is 5.61. The van der Waals surface area contributed by atoms with Crippen LogP contribution in [0.15, 0.2) is 12.4 Å². The highest BCUT2D eigenvalue weighted by molar-refractivity contribution is 5.41. The number of anilines is 2. The molecule has 118 valence electrons. The Morgan fingerprint density at radius 2 is 2.14 bits per heavy atom. The Kier molecular flexibility index (Phi) is 3.98. The van der Waals surface area contributed by atoms with E-state index >= 15 is 0 Å². The molecule has 7 nitrogen and oxygen atoms in total. The molecule has 0 atom stereocenters. The lowest BCUT2D eigenvalue weighted by Gasteiger charge is -2.30. The lowest BCUT2D eigenvalue weighted by atomic mass is 9.80. The topological polar surface area (TPSA) is 102 Å². The minimum absolute atomic E-state index is 0.204. The summed E-state index contributed by atoms with van der Waals surface area (Å²) in [5.41, 5.74) is 8.92. The monoisotopic (exact) mass is 302 g/mol. The second kappa shape index (κ2) is 5.92. The highest BCUT2D eigenvalue weighted by atomic mass is 16.3. The van der Waals surface area contributed by atoms with Gasteiger partial charge in [0.2, 0.25) is 5.95 Å². The van der Waals surface area contributed by atoms with E-state index in [-0.39, 0.29) is 12.1 Å². The highest BCUT2D eigenvalue weighted by Crippen LogP contribution is 2.36. The Bertz CT molecular complexity index is 662. The van der Waals surface area contributed by atoms with Gasteiger partial charge in [0.1, 0.15) is 5.82 Å². The number of aliphatic hydroxyl groups excluding tert-OH is 1. The zero-order chi connectivity index (χ0) is 15.7. The number of nitrogen functional groups attached to an aromatic ring is 1. The number of aryl methyl sites for hydroxylation is 1. The molecule has 4 N–H and O–H groups in total. The third-order valence-electron chi connectivity index (χ3n) is 4.30. The van der Waals surface area contributed by atoms with E-state index in [1.54, 1.807) is 0 Å². The van der Waals surface area contributed by atoms with Gasteiger partial charge in [0.15, 0.2) is 0 Å². The molecule has 1 aliphatic carbocycles. The highest BCUT2D eigenvalue weighted by Gasteiger charge is 2.30. The molecule has 1 saturated carbocycles. The molecule has 3 rings (SSSR count). The number of hydrogen-bond acceptors (Lipinski definition) is 6. The number of aliphatic hydroxyl groups is 1. The van der Waals surface area contributed by atoms with Crippen molar-refractivity contribution < 1.29 is 5.11 Å². The Morgan fingerprint density at radius 3 is 2.77 bits per heavy atom. The van der Waals surface area contributed by atoms with E-state index in [2.05, 4.69) is 31.8 Å². The van der Waals surface area contributed by atoms with Crippen molar-refractivity contribution >= 4 is 11.8 Å².